The van der Waals surface area contributed by atoms with Crippen molar-refractivity contribution in [1.82, 2.24) is 0 Å². The maximum atomic E-state index is 9.35. The summed E-state index contributed by atoms with van der Waals surface area (Å²) in [5.74, 6) is 0. The van der Waals surface area contributed by atoms with Crippen LogP contribution in [-0.4, -0.2) is 19.2 Å². The van der Waals surface area contributed by atoms with E-state index < -0.39 is 0 Å². The van der Waals surface area contributed by atoms with E-state index in [1.807, 2.05) is 0 Å². The summed E-state index contributed by atoms with van der Waals surface area (Å²) >= 11 is 0. The van der Waals surface area contributed by atoms with E-state index in [1.165, 1.54) is 0 Å². The van der Waals surface area contributed by atoms with Crippen molar-refractivity contribution in [2.45, 2.75) is 12.5 Å². The van der Waals surface area contributed by atoms with Gasteiger partial charge in [0, 0.05) is 6.04 Å². The van der Waals surface area contributed by atoms with Gasteiger partial charge in [0.15, 0.2) is 5.34 Å². The molecule has 9 heavy (non-hydrogen) atoms. The average molecular weight is 133 g/mol. The van der Waals surface area contributed by atoms with Crippen LogP contribution in [0.25, 0.3) is 0 Å². The molecule has 0 aromatic rings. The molecule has 0 saturated carbocycles. The highest BCUT2D eigenvalue weighted by atomic mass is 16.7. The first kappa shape index (κ1) is 8.32. The van der Waals surface area contributed by atoms with E-state index in [4.69, 9.17) is 11.5 Å². The molecule has 0 heterocycles. The lowest BCUT2D eigenvalue weighted by Gasteiger charge is -2.04. The molecule has 1 unspecified atom stereocenters. The van der Waals surface area contributed by atoms with Crippen molar-refractivity contribution >= 4 is 0 Å². The fourth-order valence-corrected chi connectivity index (χ4v) is 0.424. The van der Waals surface area contributed by atoms with Crippen molar-refractivity contribution in [2.24, 2.45) is 16.8 Å². The number of nitrogens with zero attached hydrogens (tertiary/aromatic N) is 1. The average Bonchev–Trinajstić information content (AvgIpc) is 1.85. The highest BCUT2D eigenvalue weighted by Gasteiger charge is 1.99. The van der Waals surface area contributed by atoms with Crippen LogP contribution in [0.1, 0.15) is 6.42 Å². The van der Waals surface area contributed by atoms with Gasteiger partial charge in [-0.25, -0.2) is 0 Å². The first-order valence-corrected chi connectivity index (χ1v) is 2.71. The maximum Gasteiger partial charge on any atom is 0.155 e. The molecule has 5 heteroatoms. The normalized spacial score (nSPS) is 12.7. The third-order valence-electron chi connectivity index (χ3n) is 0.879. The molecule has 0 aromatic carbocycles. The van der Waals surface area contributed by atoms with E-state index in [9.17, 15) is 4.91 Å². The summed E-state index contributed by atoms with van der Waals surface area (Å²) < 4.78 is 0. The molecule has 0 bridgehead atoms. The van der Waals surface area contributed by atoms with E-state index in [2.05, 4.69) is 10.2 Å². The summed E-state index contributed by atoms with van der Waals surface area (Å²) in [6.07, 6.45) is 0.648. The molecule has 1 atom stereocenters. The summed E-state index contributed by atoms with van der Waals surface area (Å²) in [5.41, 5.74) is 10.5. The number of rotatable bonds is 5. The third-order valence-corrected chi connectivity index (χ3v) is 0.879. The Hall–Kier alpha value is -0.680. The Bertz CT molecular complexity index is 78.2. The van der Waals surface area contributed by atoms with Crippen molar-refractivity contribution < 1.29 is 4.84 Å². The topological polar surface area (TPSA) is 90.7 Å². The van der Waals surface area contributed by atoms with Crippen LogP contribution >= 0.6 is 0 Å². The van der Waals surface area contributed by atoms with Crippen LogP contribution in [0.5, 0.6) is 0 Å². The molecule has 0 aliphatic carbocycles. The predicted octanol–water partition coefficient (Wildman–Crippen LogP) is -0.639. The molecule has 0 radical (unpaired) electrons. The monoisotopic (exact) mass is 133 g/mol. The van der Waals surface area contributed by atoms with Crippen molar-refractivity contribution in [1.29, 1.82) is 0 Å². The summed E-state index contributed by atoms with van der Waals surface area (Å²) in [6.45, 7) is 0.657. The molecule has 0 aromatic heterocycles. The van der Waals surface area contributed by atoms with Gasteiger partial charge < -0.3 is 16.3 Å². The van der Waals surface area contributed by atoms with Crippen molar-refractivity contribution in [3.63, 3.8) is 0 Å². The molecule has 0 amide bonds. The van der Waals surface area contributed by atoms with Gasteiger partial charge in [0.1, 0.15) is 6.61 Å². The van der Waals surface area contributed by atoms with Gasteiger partial charge in [-0.15, -0.1) is 4.91 Å². The zero-order valence-corrected chi connectivity index (χ0v) is 5.12. The first-order valence-electron chi connectivity index (χ1n) is 2.71. The van der Waals surface area contributed by atoms with Crippen LogP contribution in [0.4, 0.5) is 0 Å². The highest BCUT2D eigenvalue weighted by Crippen LogP contribution is 1.86. The molecular weight excluding hydrogens is 122 g/mol. The van der Waals surface area contributed by atoms with Gasteiger partial charge in [-0.2, -0.15) is 0 Å². The smallest absolute Gasteiger partial charge is 0.155 e. The Kier molecular flexibility index (Phi) is 5.04. The van der Waals surface area contributed by atoms with Gasteiger partial charge in [-0.05, 0) is 13.0 Å². The van der Waals surface area contributed by atoms with Crippen molar-refractivity contribution in [3.05, 3.63) is 4.91 Å². The fourth-order valence-electron chi connectivity index (χ4n) is 0.424. The van der Waals surface area contributed by atoms with Crippen molar-refractivity contribution in [2.75, 3.05) is 13.2 Å². The second-order valence-corrected chi connectivity index (χ2v) is 1.71. The zero-order valence-electron chi connectivity index (χ0n) is 5.12. The quantitative estimate of drug-likeness (QED) is 0.385. The minimum absolute atomic E-state index is 0.153. The Balaban J connectivity index is 3.04. The number of nitrogens with two attached hydrogens (primary N) is 2. The number of hydrogen-bond donors (Lipinski definition) is 2. The molecule has 0 saturated heterocycles. The van der Waals surface area contributed by atoms with E-state index in [-0.39, 0.29) is 12.6 Å². The third kappa shape index (κ3) is 5.19. The second-order valence-electron chi connectivity index (χ2n) is 1.71. The molecule has 0 aliphatic heterocycles. The molecular formula is C4H11N3O2. The summed E-state index contributed by atoms with van der Waals surface area (Å²) in [4.78, 5) is 13.5. The molecule has 0 aliphatic rings. The standard InChI is InChI=1S/C4H11N3O2/c5-2-1-4(6)3-9-7-8/h4H,1-3,5-6H2. The second kappa shape index (κ2) is 5.46. The predicted molar refractivity (Wildman–Crippen MR) is 33.4 cm³/mol. The summed E-state index contributed by atoms with van der Waals surface area (Å²) in [5, 5.41) is 2.19. The van der Waals surface area contributed by atoms with Crippen LogP contribution in [0.2, 0.25) is 0 Å². The molecule has 0 fully saturated rings. The highest BCUT2D eigenvalue weighted by molar-refractivity contribution is 4.58. The minimum atomic E-state index is -0.173. The van der Waals surface area contributed by atoms with Gasteiger partial charge in [-0.1, -0.05) is 0 Å². The molecule has 5 nitrogen and oxygen atoms in total. The first-order chi connectivity index (χ1) is 4.31. The van der Waals surface area contributed by atoms with Gasteiger partial charge in [0.25, 0.3) is 0 Å². The van der Waals surface area contributed by atoms with Gasteiger partial charge >= 0.3 is 0 Å². The van der Waals surface area contributed by atoms with E-state index in [0.29, 0.717) is 13.0 Å². The summed E-state index contributed by atoms with van der Waals surface area (Å²) in [6, 6.07) is -0.173. The van der Waals surface area contributed by atoms with Crippen LogP contribution in [0.15, 0.2) is 5.34 Å². The van der Waals surface area contributed by atoms with Gasteiger partial charge in [0.05, 0.1) is 0 Å². The van der Waals surface area contributed by atoms with Crippen LogP contribution in [-0.2, 0) is 4.84 Å². The Morgan fingerprint density at radius 1 is 1.67 bits per heavy atom. The Labute approximate surface area is 53.3 Å². The SMILES string of the molecule is NCCC(N)CON=O. The van der Waals surface area contributed by atoms with Crippen molar-refractivity contribution in [3.8, 4) is 0 Å². The lowest BCUT2D eigenvalue weighted by atomic mass is 10.2. The molecule has 4 N–H and O–H groups in total. The Morgan fingerprint density at radius 2 is 2.33 bits per heavy atom. The van der Waals surface area contributed by atoms with E-state index in [0.717, 1.165) is 0 Å². The van der Waals surface area contributed by atoms with Gasteiger partial charge in [0.2, 0.25) is 0 Å². The van der Waals surface area contributed by atoms with Crippen LogP contribution in [0.3, 0.4) is 0 Å². The summed E-state index contributed by atoms with van der Waals surface area (Å²) in [7, 11) is 0. The largest absolute Gasteiger partial charge is 0.362 e. The lowest BCUT2D eigenvalue weighted by molar-refractivity contribution is 0.124. The van der Waals surface area contributed by atoms with E-state index in [1.54, 1.807) is 0 Å². The Morgan fingerprint density at radius 3 is 2.78 bits per heavy atom. The minimum Gasteiger partial charge on any atom is -0.362 e. The maximum absolute atomic E-state index is 9.35. The van der Waals surface area contributed by atoms with Crippen LogP contribution in [0, 0.1) is 4.91 Å². The van der Waals surface area contributed by atoms with Crippen LogP contribution < -0.4 is 11.5 Å². The lowest BCUT2D eigenvalue weighted by Crippen LogP contribution is -2.27. The zero-order chi connectivity index (χ0) is 7.11. The number of hydrogen-bond acceptors (Lipinski definition) is 5. The molecule has 0 spiro atoms. The molecule has 54 valence electrons. The molecule has 0 rings (SSSR count). The fraction of sp³-hybridized carbons (Fsp3) is 1.00. The van der Waals surface area contributed by atoms with E-state index >= 15 is 0 Å². The van der Waals surface area contributed by atoms with Gasteiger partial charge in [-0.3, -0.25) is 0 Å².